The monoisotopic (exact) mass is 477 g/mol. The van der Waals surface area contributed by atoms with E-state index in [-0.39, 0.29) is 12.1 Å². The van der Waals surface area contributed by atoms with E-state index in [1.807, 2.05) is 30.0 Å². The fraction of sp³-hybridized carbons (Fsp3) is 0.400. The van der Waals surface area contributed by atoms with Gasteiger partial charge in [-0.25, -0.2) is 4.79 Å². The number of nitro benzene ring substituents is 1. The van der Waals surface area contributed by atoms with Crippen molar-refractivity contribution in [3.05, 3.63) is 63.2 Å². The van der Waals surface area contributed by atoms with Gasteiger partial charge in [-0.05, 0) is 42.7 Å². The second kappa shape index (κ2) is 7.79. The van der Waals surface area contributed by atoms with Crippen LogP contribution in [0.5, 0.6) is 0 Å². The summed E-state index contributed by atoms with van der Waals surface area (Å²) in [7, 11) is 2.77. The average Bonchev–Trinajstić information content (AvgIpc) is 2.86. The molecular weight excluding hydrogens is 450 g/mol. The topological polar surface area (TPSA) is 107 Å². The summed E-state index contributed by atoms with van der Waals surface area (Å²) in [5.74, 6) is -1.14. The number of rotatable bonds is 2. The van der Waals surface area contributed by atoms with Crippen LogP contribution in [0.4, 0.5) is 21.9 Å². The maximum Gasteiger partial charge on any atom is 0.332 e. The molecule has 0 N–H and O–H groups in total. The highest BCUT2D eigenvalue weighted by Crippen LogP contribution is 2.48. The molecule has 0 aromatic heterocycles. The Labute approximate surface area is 202 Å². The number of imide groups is 2. The van der Waals surface area contributed by atoms with E-state index >= 15 is 0 Å². The minimum atomic E-state index is -1.57. The van der Waals surface area contributed by atoms with Gasteiger partial charge in [0.25, 0.3) is 5.69 Å². The smallest absolute Gasteiger partial charge is 0.332 e. The lowest BCUT2D eigenvalue weighted by atomic mass is 9.67. The van der Waals surface area contributed by atoms with Crippen LogP contribution in [0.15, 0.2) is 36.4 Å². The molecule has 0 unspecified atom stereocenters. The molecule has 2 aromatic rings. The highest BCUT2D eigenvalue weighted by Gasteiger charge is 2.64. The van der Waals surface area contributed by atoms with Gasteiger partial charge in [0.05, 0.1) is 11.0 Å². The predicted octanol–water partition coefficient (Wildman–Crippen LogP) is 2.50. The van der Waals surface area contributed by atoms with Gasteiger partial charge in [0.1, 0.15) is 0 Å². The first-order valence-electron chi connectivity index (χ1n) is 11.5. The molecule has 4 amide bonds. The van der Waals surface area contributed by atoms with Gasteiger partial charge in [-0.3, -0.25) is 29.5 Å². The van der Waals surface area contributed by atoms with Crippen molar-refractivity contribution in [2.45, 2.75) is 26.3 Å². The SMILES string of the molecule is Cc1cccc(N2CCN3c4ccc([N+](=O)[O-])cc4CC4(C(=O)N(C)C(=O)N(C)C4=O)[C@@H]3C2)c1C. The van der Waals surface area contributed by atoms with E-state index in [2.05, 4.69) is 11.8 Å². The lowest BCUT2D eigenvalue weighted by molar-refractivity contribution is -0.384. The molecule has 3 aliphatic rings. The van der Waals surface area contributed by atoms with Crippen molar-refractivity contribution in [1.82, 2.24) is 9.80 Å². The molecule has 10 nitrogen and oxygen atoms in total. The molecule has 0 saturated carbocycles. The lowest BCUT2D eigenvalue weighted by Crippen LogP contribution is -2.74. The molecule has 2 aromatic carbocycles. The summed E-state index contributed by atoms with van der Waals surface area (Å²) in [6.45, 7) is 5.67. The Kier molecular flexibility index (Phi) is 5.08. The number of carbonyl (C=O) groups is 3. The summed E-state index contributed by atoms with van der Waals surface area (Å²) in [5.41, 5.74) is 3.00. The predicted molar refractivity (Wildman–Crippen MR) is 129 cm³/mol. The number of amides is 4. The number of anilines is 2. The third-order valence-corrected chi connectivity index (χ3v) is 7.86. The van der Waals surface area contributed by atoms with Crippen LogP contribution < -0.4 is 9.80 Å². The molecule has 0 bridgehead atoms. The van der Waals surface area contributed by atoms with Gasteiger partial charge >= 0.3 is 6.03 Å². The Hall–Kier alpha value is -3.95. The molecule has 10 heteroatoms. The van der Waals surface area contributed by atoms with Gasteiger partial charge in [-0.15, -0.1) is 0 Å². The Bertz CT molecular complexity index is 1270. The number of aryl methyl sites for hydroxylation is 1. The standard InChI is InChI=1S/C25H27N5O5/c1-15-6-5-7-19(16(15)2)28-10-11-29-20-9-8-18(30(34)35)12-17(20)13-25(21(29)14-28)22(31)26(3)24(33)27(4)23(25)32/h5-9,12,21H,10-11,13-14H2,1-4H3/t21-/m0/s1. The minimum Gasteiger partial charge on any atom is -0.367 e. The zero-order valence-electron chi connectivity index (χ0n) is 20.1. The van der Waals surface area contributed by atoms with E-state index in [0.717, 1.165) is 32.3 Å². The van der Waals surface area contributed by atoms with Crippen molar-refractivity contribution in [2.24, 2.45) is 5.41 Å². The first-order valence-corrected chi connectivity index (χ1v) is 11.5. The molecule has 5 rings (SSSR count). The summed E-state index contributed by atoms with van der Waals surface area (Å²) in [5, 5.41) is 11.5. The molecule has 1 atom stereocenters. The maximum atomic E-state index is 13.8. The van der Waals surface area contributed by atoms with Crippen LogP contribution >= 0.6 is 0 Å². The van der Waals surface area contributed by atoms with E-state index in [4.69, 9.17) is 0 Å². The summed E-state index contributed by atoms with van der Waals surface area (Å²) < 4.78 is 0. The number of barbiturate groups is 1. The molecule has 2 fully saturated rings. The van der Waals surface area contributed by atoms with Crippen molar-refractivity contribution in [3.8, 4) is 0 Å². The molecule has 1 spiro atoms. The maximum absolute atomic E-state index is 13.8. The van der Waals surface area contributed by atoms with Crippen LogP contribution in [-0.2, 0) is 16.0 Å². The van der Waals surface area contributed by atoms with Crippen LogP contribution in [0.3, 0.4) is 0 Å². The number of piperazine rings is 1. The molecule has 3 aliphatic heterocycles. The minimum absolute atomic E-state index is 0.00849. The highest BCUT2D eigenvalue weighted by molar-refractivity contribution is 6.20. The zero-order valence-corrected chi connectivity index (χ0v) is 20.1. The van der Waals surface area contributed by atoms with Gasteiger partial charge in [0, 0.05) is 63.7 Å². The Morgan fingerprint density at radius 1 is 0.971 bits per heavy atom. The number of nitrogens with zero attached hydrogens (tertiary/aromatic N) is 5. The number of urea groups is 1. The first-order chi connectivity index (χ1) is 16.6. The van der Waals surface area contributed by atoms with E-state index in [0.29, 0.717) is 25.2 Å². The molecule has 182 valence electrons. The quantitative estimate of drug-likeness (QED) is 0.372. The second-order valence-corrected chi connectivity index (χ2v) is 9.60. The van der Waals surface area contributed by atoms with Crippen molar-refractivity contribution in [2.75, 3.05) is 43.5 Å². The zero-order chi connectivity index (χ0) is 25.2. The van der Waals surface area contributed by atoms with E-state index in [1.165, 1.54) is 26.2 Å². The number of non-ortho nitro benzene ring substituents is 1. The summed E-state index contributed by atoms with van der Waals surface area (Å²) in [6, 6.07) is 9.45. The molecular formula is C25H27N5O5. The molecule has 0 radical (unpaired) electrons. The van der Waals surface area contributed by atoms with Crippen LogP contribution in [0.25, 0.3) is 0 Å². The number of hydrogen-bond acceptors (Lipinski definition) is 7. The summed E-state index contributed by atoms with van der Waals surface area (Å²) in [4.78, 5) is 57.4. The largest absolute Gasteiger partial charge is 0.367 e. The highest BCUT2D eigenvalue weighted by atomic mass is 16.6. The third-order valence-electron chi connectivity index (χ3n) is 7.86. The van der Waals surface area contributed by atoms with Crippen LogP contribution in [-0.4, -0.2) is 72.3 Å². The van der Waals surface area contributed by atoms with Gasteiger partial charge in [-0.1, -0.05) is 12.1 Å². The fourth-order valence-electron chi connectivity index (χ4n) is 5.84. The van der Waals surface area contributed by atoms with E-state index in [9.17, 15) is 24.5 Å². The number of carbonyl (C=O) groups excluding carboxylic acids is 3. The van der Waals surface area contributed by atoms with Crippen molar-refractivity contribution in [3.63, 3.8) is 0 Å². The number of benzene rings is 2. The summed E-state index contributed by atoms with van der Waals surface area (Å²) in [6.07, 6.45) is -0.00849. The molecule has 2 saturated heterocycles. The second-order valence-electron chi connectivity index (χ2n) is 9.60. The number of nitro groups is 1. The van der Waals surface area contributed by atoms with Crippen LogP contribution in [0.2, 0.25) is 0 Å². The van der Waals surface area contributed by atoms with Gasteiger partial charge in [0.2, 0.25) is 11.8 Å². The van der Waals surface area contributed by atoms with Crippen molar-refractivity contribution in [1.29, 1.82) is 0 Å². The van der Waals surface area contributed by atoms with E-state index < -0.39 is 34.2 Å². The molecule has 35 heavy (non-hydrogen) atoms. The number of fused-ring (bicyclic) bond motifs is 4. The van der Waals surface area contributed by atoms with E-state index in [1.54, 1.807) is 6.07 Å². The first kappa shape index (κ1) is 22.8. The lowest BCUT2D eigenvalue weighted by Gasteiger charge is -2.56. The number of hydrogen-bond donors (Lipinski definition) is 0. The van der Waals surface area contributed by atoms with Gasteiger partial charge in [-0.2, -0.15) is 0 Å². The Morgan fingerprint density at radius 3 is 2.31 bits per heavy atom. The Morgan fingerprint density at radius 2 is 1.66 bits per heavy atom. The molecule has 3 heterocycles. The normalized spacial score (nSPS) is 21.4. The third kappa shape index (κ3) is 3.12. The van der Waals surface area contributed by atoms with Crippen LogP contribution in [0, 0.1) is 29.4 Å². The van der Waals surface area contributed by atoms with Gasteiger partial charge < -0.3 is 9.80 Å². The Balaban J connectivity index is 1.67. The fourth-order valence-corrected chi connectivity index (χ4v) is 5.84. The summed E-state index contributed by atoms with van der Waals surface area (Å²) >= 11 is 0. The average molecular weight is 478 g/mol. The van der Waals surface area contributed by atoms with Crippen LogP contribution in [0.1, 0.15) is 16.7 Å². The van der Waals surface area contributed by atoms with Crippen molar-refractivity contribution >= 4 is 34.9 Å². The van der Waals surface area contributed by atoms with Gasteiger partial charge in [0.15, 0.2) is 5.41 Å². The molecule has 0 aliphatic carbocycles. The van der Waals surface area contributed by atoms with Crippen molar-refractivity contribution < 1.29 is 19.3 Å².